The van der Waals surface area contributed by atoms with Gasteiger partial charge in [0, 0.05) is 17.6 Å². The first-order chi connectivity index (χ1) is 15.5. The second-order valence-electron chi connectivity index (χ2n) is 6.32. The molecule has 3 aromatic rings. The van der Waals surface area contributed by atoms with Gasteiger partial charge < -0.3 is 35.4 Å². The standard InChI is InChI=1S/C22H23N5O5/c1-4-31-19(11-23)21(24)22(28)27-20-6-5-13(12-26-20)32-16-7-8-25-15-10-18(30-3)17(29-2)9-14(15)16/h5-12,23H,4,24H2,1-3H3,(H,26,27,28). The number of anilines is 1. The minimum absolute atomic E-state index is 0.0124. The van der Waals surface area contributed by atoms with Crippen LogP contribution in [0.15, 0.2) is 54.2 Å². The fraction of sp³-hybridized carbons (Fsp3) is 0.182. The van der Waals surface area contributed by atoms with E-state index >= 15 is 0 Å². The molecule has 0 aliphatic heterocycles. The van der Waals surface area contributed by atoms with Crippen molar-refractivity contribution in [1.29, 1.82) is 5.41 Å². The number of pyridine rings is 2. The van der Waals surface area contributed by atoms with Gasteiger partial charge in [-0.05, 0) is 31.2 Å². The smallest absolute Gasteiger partial charge is 0.276 e. The molecule has 0 unspecified atom stereocenters. The molecule has 1 amide bonds. The first-order valence-electron chi connectivity index (χ1n) is 9.59. The summed E-state index contributed by atoms with van der Waals surface area (Å²) in [7, 11) is 3.11. The molecule has 0 atom stereocenters. The van der Waals surface area contributed by atoms with Gasteiger partial charge in [-0.2, -0.15) is 0 Å². The lowest BCUT2D eigenvalue weighted by molar-refractivity contribution is -0.113. The summed E-state index contributed by atoms with van der Waals surface area (Å²) < 4.78 is 21.8. The number of ether oxygens (including phenoxy) is 4. The van der Waals surface area contributed by atoms with Crippen LogP contribution < -0.4 is 25.3 Å². The zero-order chi connectivity index (χ0) is 23.1. The maximum Gasteiger partial charge on any atom is 0.276 e. The molecule has 0 fully saturated rings. The number of nitrogens with zero attached hydrogens (tertiary/aromatic N) is 2. The van der Waals surface area contributed by atoms with E-state index in [-0.39, 0.29) is 23.9 Å². The molecule has 0 spiro atoms. The van der Waals surface area contributed by atoms with Crippen LogP contribution >= 0.6 is 0 Å². The van der Waals surface area contributed by atoms with Gasteiger partial charge in [0.05, 0.1) is 38.8 Å². The van der Waals surface area contributed by atoms with Crippen LogP contribution in [0.2, 0.25) is 0 Å². The Bertz CT molecular complexity index is 1160. The van der Waals surface area contributed by atoms with E-state index < -0.39 is 5.91 Å². The third kappa shape index (κ3) is 4.86. The number of aromatic nitrogens is 2. The van der Waals surface area contributed by atoms with Crippen molar-refractivity contribution in [3.05, 3.63) is 54.2 Å². The fourth-order valence-electron chi connectivity index (χ4n) is 2.83. The van der Waals surface area contributed by atoms with E-state index in [1.165, 1.54) is 6.20 Å². The first kappa shape index (κ1) is 22.3. The molecule has 0 saturated carbocycles. The van der Waals surface area contributed by atoms with Crippen LogP contribution in [0.1, 0.15) is 6.92 Å². The lowest BCUT2D eigenvalue weighted by atomic mass is 10.2. The van der Waals surface area contributed by atoms with Crippen LogP contribution in [0.3, 0.4) is 0 Å². The van der Waals surface area contributed by atoms with Gasteiger partial charge >= 0.3 is 0 Å². The predicted octanol–water partition coefficient (Wildman–Crippen LogP) is 3.23. The van der Waals surface area contributed by atoms with Crippen molar-refractivity contribution in [2.24, 2.45) is 5.73 Å². The number of methoxy groups -OCH3 is 2. The summed E-state index contributed by atoms with van der Waals surface area (Å²) >= 11 is 0. The molecule has 1 aromatic carbocycles. The van der Waals surface area contributed by atoms with Crippen molar-refractivity contribution in [3.8, 4) is 23.0 Å². The van der Waals surface area contributed by atoms with Gasteiger partial charge in [0.2, 0.25) is 0 Å². The van der Waals surface area contributed by atoms with Crippen molar-refractivity contribution in [3.63, 3.8) is 0 Å². The van der Waals surface area contributed by atoms with Crippen LogP contribution in [0.4, 0.5) is 5.82 Å². The Labute approximate surface area is 184 Å². The number of nitrogens with one attached hydrogen (secondary N) is 2. The van der Waals surface area contributed by atoms with Crippen molar-refractivity contribution in [2.75, 3.05) is 26.1 Å². The Morgan fingerprint density at radius 1 is 1.12 bits per heavy atom. The number of fused-ring (bicyclic) bond motifs is 1. The van der Waals surface area contributed by atoms with E-state index in [0.717, 1.165) is 11.6 Å². The van der Waals surface area contributed by atoms with E-state index in [1.54, 1.807) is 57.7 Å². The summed E-state index contributed by atoms with van der Waals surface area (Å²) in [5.41, 5.74) is 6.21. The predicted molar refractivity (Wildman–Crippen MR) is 119 cm³/mol. The molecule has 0 saturated heterocycles. The second-order valence-corrected chi connectivity index (χ2v) is 6.32. The normalized spacial score (nSPS) is 11.3. The van der Waals surface area contributed by atoms with Gasteiger partial charge in [0.1, 0.15) is 23.0 Å². The molecule has 0 radical (unpaired) electrons. The number of hydrogen-bond acceptors (Lipinski definition) is 9. The summed E-state index contributed by atoms with van der Waals surface area (Å²) in [6.07, 6.45) is 3.97. The van der Waals surface area contributed by atoms with E-state index in [0.29, 0.717) is 28.5 Å². The highest BCUT2D eigenvalue weighted by molar-refractivity contribution is 6.05. The van der Waals surface area contributed by atoms with E-state index in [9.17, 15) is 4.79 Å². The number of nitrogens with two attached hydrogens (primary N) is 1. The quantitative estimate of drug-likeness (QED) is 0.263. The maximum absolute atomic E-state index is 12.2. The number of carbonyl (C=O) groups is 1. The SMILES string of the molecule is CCOC(C=N)=C(N)C(=O)Nc1ccc(Oc2ccnc3cc(OC)c(OC)cc23)cn1. The lowest BCUT2D eigenvalue weighted by Gasteiger charge is -2.12. The van der Waals surface area contributed by atoms with Gasteiger partial charge in [-0.25, -0.2) is 4.98 Å². The summed E-state index contributed by atoms with van der Waals surface area (Å²) in [5.74, 6) is 1.74. The molecule has 4 N–H and O–H groups in total. The van der Waals surface area contributed by atoms with Crippen LogP contribution in [0, 0.1) is 5.41 Å². The maximum atomic E-state index is 12.2. The largest absolute Gasteiger partial charge is 0.493 e. The summed E-state index contributed by atoms with van der Waals surface area (Å²) in [6, 6.07) is 8.49. The Morgan fingerprint density at radius 3 is 2.50 bits per heavy atom. The van der Waals surface area contributed by atoms with Crippen LogP contribution in [0.5, 0.6) is 23.0 Å². The number of rotatable bonds is 9. The Hall–Kier alpha value is -4.34. The minimum Gasteiger partial charge on any atom is -0.493 e. The molecule has 0 aliphatic carbocycles. The van der Waals surface area contributed by atoms with Crippen LogP contribution in [0.25, 0.3) is 10.9 Å². The number of carbonyl (C=O) groups excluding carboxylic acids is 1. The topological polar surface area (TPSA) is 142 Å². The summed E-state index contributed by atoms with van der Waals surface area (Å²) in [4.78, 5) is 20.8. The van der Waals surface area contributed by atoms with Gasteiger partial charge in [-0.15, -0.1) is 0 Å². The van der Waals surface area contributed by atoms with Gasteiger partial charge in [0.15, 0.2) is 17.3 Å². The molecule has 166 valence electrons. The Morgan fingerprint density at radius 2 is 1.88 bits per heavy atom. The van der Waals surface area contributed by atoms with Crippen molar-refractivity contribution in [1.82, 2.24) is 9.97 Å². The Kier molecular flexibility index (Phi) is 7.06. The first-order valence-corrected chi connectivity index (χ1v) is 9.59. The third-order valence-corrected chi connectivity index (χ3v) is 4.35. The van der Waals surface area contributed by atoms with Gasteiger partial charge in [-0.1, -0.05) is 0 Å². The monoisotopic (exact) mass is 437 g/mol. The highest BCUT2D eigenvalue weighted by Crippen LogP contribution is 2.36. The number of hydrogen-bond donors (Lipinski definition) is 3. The zero-order valence-corrected chi connectivity index (χ0v) is 17.8. The summed E-state index contributed by atoms with van der Waals surface area (Å²) in [5, 5.41) is 10.6. The average Bonchev–Trinajstić information content (AvgIpc) is 2.82. The van der Waals surface area contributed by atoms with E-state index in [1.807, 2.05) is 0 Å². The molecule has 10 nitrogen and oxygen atoms in total. The Balaban J connectivity index is 1.80. The van der Waals surface area contributed by atoms with Crippen molar-refractivity contribution >= 4 is 28.8 Å². The molecule has 10 heteroatoms. The third-order valence-electron chi connectivity index (χ3n) is 4.35. The van der Waals surface area contributed by atoms with Crippen molar-refractivity contribution in [2.45, 2.75) is 6.92 Å². The molecule has 0 bridgehead atoms. The average molecular weight is 437 g/mol. The minimum atomic E-state index is -0.626. The highest BCUT2D eigenvalue weighted by Gasteiger charge is 2.14. The zero-order valence-electron chi connectivity index (χ0n) is 17.8. The second kappa shape index (κ2) is 10.1. The van der Waals surface area contributed by atoms with Crippen LogP contribution in [-0.4, -0.2) is 42.9 Å². The molecule has 0 aliphatic rings. The van der Waals surface area contributed by atoms with E-state index in [2.05, 4.69) is 15.3 Å². The van der Waals surface area contributed by atoms with E-state index in [4.69, 9.17) is 30.1 Å². The summed E-state index contributed by atoms with van der Waals surface area (Å²) in [6.45, 7) is 2.01. The number of amides is 1. The fourth-order valence-corrected chi connectivity index (χ4v) is 2.83. The molecule has 3 rings (SSSR count). The number of allylic oxidation sites excluding steroid dienone is 1. The van der Waals surface area contributed by atoms with Crippen LogP contribution in [-0.2, 0) is 9.53 Å². The molecule has 2 aromatic heterocycles. The van der Waals surface area contributed by atoms with Gasteiger partial charge in [-0.3, -0.25) is 9.78 Å². The number of benzene rings is 1. The molecule has 2 heterocycles. The molecular formula is C22H23N5O5. The molecular weight excluding hydrogens is 414 g/mol. The van der Waals surface area contributed by atoms with Crippen molar-refractivity contribution < 1.29 is 23.7 Å². The lowest BCUT2D eigenvalue weighted by Crippen LogP contribution is -2.23. The molecule has 32 heavy (non-hydrogen) atoms. The van der Waals surface area contributed by atoms with Gasteiger partial charge in [0.25, 0.3) is 5.91 Å². The highest BCUT2D eigenvalue weighted by atomic mass is 16.5.